The van der Waals surface area contributed by atoms with Crippen LogP contribution in [0.1, 0.15) is 19.4 Å². The highest BCUT2D eigenvalue weighted by atomic mass is 35.5. The van der Waals surface area contributed by atoms with Gasteiger partial charge in [0.15, 0.2) is 12.2 Å². The largest absolute Gasteiger partial charge is 0.394 e. The molecule has 1 aromatic carbocycles. The summed E-state index contributed by atoms with van der Waals surface area (Å²) in [5.41, 5.74) is 2.74. The summed E-state index contributed by atoms with van der Waals surface area (Å²) < 4.78 is 5.41. The third kappa shape index (κ3) is 3.66. The van der Waals surface area contributed by atoms with Crippen LogP contribution in [0, 0.1) is 0 Å². The van der Waals surface area contributed by atoms with Gasteiger partial charge in [0.2, 0.25) is 5.96 Å². The van der Waals surface area contributed by atoms with E-state index in [2.05, 4.69) is 0 Å². The molecule has 1 aromatic rings. The SMILES string of the molecule is CC1=C(C)N2C(=NC3C2C(=O)N(Cc2ccc(Cl)cc2)C(=O)N3C)N1CCOCCO. The number of allylic oxidation sites excluding steroid dienone is 2. The molecule has 0 bridgehead atoms. The molecule has 3 aliphatic heterocycles. The molecule has 1 fully saturated rings. The Morgan fingerprint density at radius 2 is 1.81 bits per heavy atom. The molecule has 0 radical (unpaired) electrons. The van der Waals surface area contributed by atoms with Crippen molar-refractivity contribution >= 4 is 29.5 Å². The van der Waals surface area contributed by atoms with Crippen LogP contribution in [0.4, 0.5) is 4.79 Å². The van der Waals surface area contributed by atoms with E-state index < -0.39 is 12.2 Å². The minimum absolute atomic E-state index is 0.0318. The molecule has 0 aliphatic carbocycles. The van der Waals surface area contributed by atoms with E-state index in [4.69, 9.17) is 26.4 Å². The topological polar surface area (TPSA) is 88.9 Å². The second-order valence-electron chi connectivity index (χ2n) is 7.76. The Balaban J connectivity index is 1.58. The first-order valence-electron chi connectivity index (χ1n) is 10.2. The molecule has 9 nitrogen and oxygen atoms in total. The van der Waals surface area contributed by atoms with Gasteiger partial charge in [-0.3, -0.25) is 14.6 Å². The Bertz CT molecular complexity index is 948. The predicted molar refractivity (Wildman–Crippen MR) is 115 cm³/mol. The van der Waals surface area contributed by atoms with Crippen molar-refractivity contribution in [3.05, 3.63) is 46.2 Å². The van der Waals surface area contributed by atoms with Crippen molar-refractivity contribution in [2.24, 2.45) is 4.99 Å². The zero-order valence-electron chi connectivity index (χ0n) is 17.8. The number of urea groups is 1. The van der Waals surface area contributed by atoms with Crippen LogP contribution >= 0.6 is 11.6 Å². The van der Waals surface area contributed by atoms with Crippen LogP contribution in [-0.4, -0.2) is 88.2 Å². The van der Waals surface area contributed by atoms with Crippen LogP contribution in [0.3, 0.4) is 0 Å². The van der Waals surface area contributed by atoms with Crippen molar-refractivity contribution in [1.82, 2.24) is 19.6 Å². The van der Waals surface area contributed by atoms with Gasteiger partial charge < -0.3 is 19.6 Å². The highest BCUT2D eigenvalue weighted by Gasteiger charge is 2.55. The Morgan fingerprint density at radius 1 is 1.10 bits per heavy atom. The fourth-order valence-electron chi connectivity index (χ4n) is 4.19. The number of ether oxygens (including phenoxy) is 1. The molecule has 1 N–H and O–H groups in total. The van der Waals surface area contributed by atoms with Crippen LogP contribution < -0.4 is 0 Å². The molecule has 4 rings (SSSR count). The monoisotopic (exact) mass is 447 g/mol. The lowest BCUT2D eigenvalue weighted by molar-refractivity contribution is -0.137. The summed E-state index contributed by atoms with van der Waals surface area (Å²) >= 11 is 5.96. The number of halogens is 1. The maximum atomic E-state index is 13.5. The first-order chi connectivity index (χ1) is 14.8. The first kappa shape index (κ1) is 21.6. The van der Waals surface area contributed by atoms with E-state index in [9.17, 15) is 9.59 Å². The molecule has 10 heteroatoms. The molecular weight excluding hydrogens is 422 g/mol. The normalized spacial score (nSPS) is 23.1. The van der Waals surface area contributed by atoms with Gasteiger partial charge in [-0.2, -0.15) is 0 Å². The lowest BCUT2D eigenvalue weighted by Crippen LogP contribution is -2.64. The molecule has 3 heterocycles. The number of carbonyl (C=O) groups is 2. The van der Waals surface area contributed by atoms with Gasteiger partial charge in [0.1, 0.15) is 0 Å². The second-order valence-corrected chi connectivity index (χ2v) is 8.20. The van der Waals surface area contributed by atoms with Crippen molar-refractivity contribution in [3.8, 4) is 0 Å². The molecule has 0 spiro atoms. The van der Waals surface area contributed by atoms with Gasteiger partial charge in [0, 0.05) is 30.0 Å². The van der Waals surface area contributed by atoms with Gasteiger partial charge in [-0.15, -0.1) is 0 Å². The minimum atomic E-state index is -0.608. The summed E-state index contributed by atoms with van der Waals surface area (Å²) in [6, 6.07) is 6.13. The summed E-state index contributed by atoms with van der Waals surface area (Å²) in [6.07, 6.45) is -0.583. The smallest absolute Gasteiger partial charge is 0.328 e. The molecule has 3 aliphatic rings. The fraction of sp³-hybridized carbons (Fsp3) is 0.476. The number of fused-ring (bicyclic) bond motifs is 3. The van der Waals surface area contributed by atoms with Gasteiger partial charge in [-0.25, -0.2) is 9.79 Å². The number of hydrogen-bond donors (Lipinski definition) is 1. The van der Waals surface area contributed by atoms with Crippen molar-refractivity contribution in [2.75, 3.05) is 33.4 Å². The molecular formula is C21H26ClN5O4. The van der Waals surface area contributed by atoms with Crippen molar-refractivity contribution in [3.63, 3.8) is 0 Å². The Kier molecular flexibility index (Phi) is 5.92. The van der Waals surface area contributed by atoms with E-state index in [0.29, 0.717) is 24.1 Å². The summed E-state index contributed by atoms with van der Waals surface area (Å²) in [5.74, 6) is 0.381. The van der Waals surface area contributed by atoms with Crippen LogP contribution in [0.15, 0.2) is 40.7 Å². The third-order valence-corrected chi connectivity index (χ3v) is 6.20. The number of hydrogen-bond acceptors (Lipinski definition) is 7. The van der Waals surface area contributed by atoms with E-state index >= 15 is 0 Å². The Hall–Kier alpha value is -2.62. The third-order valence-electron chi connectivity index (χ3n) is 5.95. The van der Waals surface area contributed by atoms with E-state index in [1.54, 1.807) is 19.2 Å². The maximum Gasteiger partial charge on any atom is 0.328 e. The van der Waals surface area contributed by atoms with Crippen LogP contribution in [0.25, 0.3) is 0 Å². The second kappa shape index (κ2) is 8.49. The van der Waals surface area contributed by atoms with E-state index in [0.717, 1.165) is 17.0 Å². The number of aliphatic hydroxyl groups is 1. The summed E-state index contributed by atoms with van der Waals surface area (Å²) in [6.45, 7) is 5.30. The number of imide groups is 1. The van der Waals surface area contributed by atoms with E-state index in [1.165, 1.54) is 9.80 Å². The average molecular weight is 448 g/mol. The van der Waals surface area contributed by atoms with Gasteiger partial charge >= 0.3 is 6.03 Å². The number of amides is 3. The van der Waals surface area contributed by atoms with Crippen LogP contribution in [0.5, 0.6) is 0 Å². The van der Waals surface area contributed by atoms with Crippen molar-refractivity contribution < 1.29 is 19.4 Å². The molecule has 31 heavy (non-hydrogen) atoms. The summed E-state index contributed by atoms with van der Waals surface area (Å²) in [4.78, 5) is 37.9. The van der Waals surface area contributed by atoms with Crippen molar-refractivity contribution in [2.45, 2.75) is 32.6 Å². The van der Waals surface area contributed by atoms with Gasteiger partial charge in [-0.1, -0.05) is 23.7 Å². The lowest BCUT2D eigenvalue weighted by Gasteiger charge is -2.40. The molecule has 3 amide bonds. The van der Waals surface area contributed by atoms with Crippen LogP contribution in [0.2, 0.25) is 5.02 Å². The molecule has 166 valence electrons. The molecule has 0 aromatic heterocycles. The highest BCUT2D eigenvalue weighted by molar-refractivity contribution is 6.30. The standard InChI is InChI=1S/C21H26ClN5O4/c1-13-14(2)27-17-18(23-20(27)25(13)8-10-31-11-9-28)24(3)21(30)26(19(17)29)12-15-4-6-16(22)7-5-15/h4-7,17-18,28H,8-12H2,1-3H3. The Labute approximate surface area is 186 Å². The number of nitrogens with zero attached hydrogens (tertiary/aromatic N) is 5. The number of benzene rings is 1. The first-order valence-corrected chi connectivity index (χ1v) is 10.6. The molecule has 2 atom stereocenters. The highest BCUT2D eigenvalue weighted by Crippen LogP contribution is 2.37. The van der Waals surface area contributed by atoms with Crippen LogP contribution in [-0.2, 0) is 16.1 Å². The number of likely N-dealkylation sites (N-methyl/N-ethyl adjacent to an activating group) is 1. The number of rotatable bonds is 7. The minimum Gasteiger partial charge on any atom is -0.394 e. The number of carbonyl (C=O) groups excluding carboxylic acids is 2. The van der Waals surface area contributed by atoms with E-state index in [-0.39, 0.29) is 31.7 Å². The van der Waals surface area contributed by atoms with Gasteiger partial charge in [0.05, 0.1) is 26.4 Å². The zero-order valence-corrected chi connectivity index (χ0v) is 18.5. The fourth-order valence-corrected chi connectivity index (χ4v) is 4.31. The Morgan fingerprint density at radius 3 is 2.48 bits per heavy atom. The zero-order chi connectivity index (χ0) is 22.3. The summed E-state index contributed by atoms with van der Waals surface area (Å²) in [5, 5.41) is 9.50. The van der Waals surface area contributed by atoms with E-state index in [1.807, 2.05) is 35.8 Å². The van der Waals surface area contributed by atoms with Gasteiger partial charge in [-0.05, 0) is 31.5 Å². The molecule has 1 saturated heterocycles. The number of aliphatic hydroxyl groups excluding tert-OH is 1. The van der Waals surface area contributed by atoms with Crippen molar-refractivity contribution in [1.29, 1.82) is 0 Å². The number of guanidine groups is 1. The molecule has 2 unspecified atom stereocenters. The maximum absolute atomic E-state index is 13.5. The summed E-state index contributed by atoms with van der Waals surface area (Å²) in [7, 11) is 1.67. The quantitative estimate of drug-likeness (QED) is 0.640. The predicted octanol–water partition coefficient (Wildman–Crippen LogP) is 1.68. The number of aliphatic imine (C=N–C) groups is 1. The lowest BCUT2D eigenvalue weighted by atomic mass is 10.1. The average Bonchev–Trinajstić information content (AvgIpc) is 3.25. The molecule has 0 saturated carbocycles. The van der Waals surface area contributed by atoms with Gasteiger partial charge in [0.25, 0.3) is 5.91 Å².